The maximum atomic E-state index is 12.7. The quantitative estimate of drug-likeness (QED) is 0.561. The number of ketones is 1. The summed E-state index contributed by atoms with van der Waals surface area (Å²) in [7, 11) is -2.40. The van der Waals surface area contributed by atoms with Gasteiger partial charge in [0.15, 0.2) is 5.78 Å². The van der Waals surface area contributed by atoms with Gasteiger partial charge in [-0.3, -0.25) is 14.3 Å². The predicted molar refractivity (Wildman–Crippen MR) is 120 cm³/mol. The van der Waals surface area contributed by atoms with E-state index >= 15 is 0 Å². The van der Waals surface area contributed by atoms with Crippen LogP contribution in [0.4, 0.5) is 5.69 Å². The van der Waals surface area contributed by atoms with Gasteiger partial charge in [-0.25, -0.2) is 13.8 Å². The first-order valence-electron chi connectivity index (χ1n) is 9.64. The van der Waals surface area contributed by atoms with Crippen LogP contribution in [0.15, 0.2) is 82.8 Å². The zero-order valence-electron chi connectivity index (χ0n) is 17.0. The van der Waals surface area contributed by atoms with Gasteiger partial charge in [-0.05, 0) is 42.5 Å². The summed E-state index contributed by atoms with van der Waals surface area (Å²) in [5.41, 5.74) is 4.59. The standard InChI is InChI=1S/C23H19N3O5S/c1-31-17-11-9-16(10-12-17)26-32(29,30)18-6-4-5-15(13-18)23(28)25-24-21-14-22(27)20-8-3-2-7-19(20)21/h2-13,26H,14H2,1H3,(H,25,28). The number of nitrogens with zero attached hydrogens (tertiary/aromatic N) is 1. The topological polar surface area (TPSA) is 114 Å². The molecular weight excluding hydrogens is 430 g/mol. The number of methoxy groups -OCH3 is 1. The second kappa shape index (κ2) is 8.64. The third-order valence-corrected chi connectivity index (χ3v) is 6.29. The molecule has 0 atom stereocenters. The van der Waals surface area contributed by atoms with Crippen molar-refractivity contribution in [1.82, 2.24) is 5.43 Å². The van der Waals surface area contributed by atoms with Gasteiger partial charge in [0.25, 0.3) is 15.9 Å². The van der Waals surface area contributed by atoms with E-state index in [1.165, 1.54) is 31.4 Å². The molecular formula is C23H19N3O5S. The lowest BCUT2D eigenvalue weighted by molar-refractivity contribution is 0.0951. The number of anilines is 1. The van der Waals surface area contributed by atoms with E-state index in [9.17, 15) is 18.0 Å². The van der Waals surface area contributed by atoms with E-state index in [4.69, 9.17) is 4.74 Å². The Morgan fingerprint density at radius 3 is 2.41 bits per heavy atom. The molecule has 0 unspecified atom stereocenters. The molecule has 8 nitrogen and oxygen atoms in total. The molecule has 0 radical (unpaired) electrons. The lowest BCUT2D eigenvalue weighted by Gasteiger charge is -2.10. The number of hydrazone groups is 1. The van der Waals surface area contributed by atoms with Crippen molar-refractivity contribution in [2.75, 3.05) is 11.8 Å². The maximum absolute atomic E-state index is 12.7. The molecule has 0 aliphatic heterocycles. The number of carbonyl (C=O) groups excluding carboxylic acids is 2. The third-order valence-electron chi connectivity index (χ3n) is 4.91. The van der Waals surface area contributed by atoms with E-state index in [0.29, 0.717) is 28.3 Å². The minimum absolute atomic E-state index is 0.0636. The van der Waals surface area contributed by atoms with Crippen LogP contribution in [0.1, 0.15) is 32.7 Å². The van der Waals surface area contributed by atoms with Crippen LogP contribution in [-0.4, -0.2) is 32.9 Å². The summed E-state index contributed by atoms with van der Waals surface area (Å²) < 4.78 is 33.0. The van der Waals surface area contributed by atoms with Crippen LogP contribution in [0.3, 0.4) is 0 Å². The molecule has 4 rings (SSSR count). The van der Waals surface area contributed by atoms with Crippen molar-refractivity contribution >= 4 is 33.1 Å². The molecule has 0 saturated carbocycles. The summed E-state index contributed by atoms with van der Waals surface area (Å²) in [6.45, 7) is 0. The summed E-state index contributed by atoms with van der Waals surface area (Å²) in [5.74, 6) is -0.0538. The van der Waals surface area contributed by atoms with Crippen LogP contribution in [0, 0.1) is 0 Å². The first kappa shape index (κ1) is 21.3. The average Bonchev–Trinajstić information content (AvgIpc) is 3.13. The second-order valence-corrected chi connectivity index (χ2v) is 8.69. The SMILES string of the molecule is COc1ccc(NS(=O)(=O)c2cccc(C(=O)NN=C3CC(=O)c4ccccc43)c2)cc1. The number of rotatable bonds is 6. The van der Waals surface area contributed by atoms with Crippen LogP contribution in [0.25, 0.3) is 0 Å². The summed E-state index contributed by atoms with van der Waals surface area (Å²) in [4.78, 5) is 24.6. The summed E-state index contributed by atoms with van der Waals surface area (Å²) in [6, 6.07) is 19.1. The fourth-order valence-electron chi connectivity index (χ4n) is 3.28. The molecule has 0 aromatic heterocycles. The number of fused-ring (bicyclic) bond motifs is 1. The van der Waals surface area contributed by atoms with Crippen molar-refractivity contribution < 1.29 is 22.7 Å². The van der Waals surface area contributed by atoms with Crippen molar-refractivity contribution in [3.05, 3.63) is 89.5 Å². The second-order valence-electron chi connectivity index (χ2n) is 7.01. The van der Waals surface area contributed by atoms with E-state index in [2.05, 4.69) is 15.2 Å². The zero-order chi connectivity index (χ0) is 22.7. The summed E-state index contributed by atoms with van der Waals surface area (Å²) >= 11 is 0. The van der Waals surface area contributed by atoms with Crippen molar-refractivity contribution in [3.8, 4) is 5.75 Å². The van der Waals surface area contributed by atoms with Gasteiger partial charge in [0, 0.05) is 22.4 Å². The summed E-state index contributed by atoms with van der Waals surface area (Å²) in [5, 5.41) is 4.09. The fourth-order valence-corrected chi connectivity index (χ4v) is 4.38. The number of hydrogen-bond acceptors (Lipinski definition) is 6. The number of Topliss-reactive ketones (excluding diaryl/α,β-unsaturated/α-hetero) is 1. The van der Waals surface area contributed by atoms with Gasteiger partial charge in [-0.2, -0.15) is 5.10 Å². The van der Waals surface area contributed by atoms with Crippen molar-refractivity contribution in [1.29, 1.82) is 0 Å². The molecule has 0 spiro atoms. The predicted octanol–water partition coefficient (Wildman–Crippen LogP) is 3.22. The minimum Gasteiger partial charge on any atom is -0.497 e. The Morgan fingerprint density at radius 1 is 0.969 bits per heavy atom. The highest BCUT2D eigenvalue weighted by Gasteiger charge is 2.25. The highest BCUT2D eigenvalue weighted by atomic mass is 32.2. The molecule has 0 saturated heterocycles. The molecule has 3 aromatic rings. The fraction of sp³-hybridized carbons (Fsp3) is 0.0870. The first-order chi connectivity index (χ1) is 15.4. The molecule has 9 heteroatoms. The molecule has 0 fully saturated rings. The van der Waals surface area contributed by atoms with Crippen LogP contribution in [0.5, 0.6) is 5.75 Å². The number of benzene rings is 3. The Bertz CT molecular complexity index is 1330. The van der Waals surface area contributed by atoms with Gasteiger partial charge in [-0.15, -0.1) is 0 Å². The van der Waals surface area contributed by atoms with Crippen molar-refractivity contribution in [3.63, 3.8) is 0 Å². The molecule has 1 aliphatic carbocycles. The van der Waals surface area contributed by atoms with Gasteiger partial charge >= 0.3 is 0 Å². The van der Waals surface area contributed by atoms with E-state index in [-0.39, 0.29) is 22.7 Å². The largest absolute Gasteiger partial charge is 0.497 e. The third kappa shape index (κ3) is 4.37. The zero-order valence-corrected chi connectivity index (χ0v) is 17.8. The molecule has 1 aliphatic rings. The number of nitrogens with one attached hydrogen (secondary N) is 2. The highest BCUT2D eigenvalue weighted by molar-refractivity contribution is 7.92. The number of hydrogen-bond donors (Lipinski definition) is 2. The Labute approximate surface area is 185 Å². The minimum atomic E-state index is -3.92. The number of ether oxygens (including phenoxy) is 1. The molecule has 3 aromatic carbocycles. The average molecular weight is 449 g/mol. The smallest absolute Gasteiger partial charge is 0.271 e. The lowest BCUT2D eigenvalue weighted by atomic mass is 10.1. The van der Waals surface area contributed by atoms with Gasteiger partial charge in [0.05, 0.1) is 24.1 Å². The Morgan fingerprint density at radius 2 is 1.69 bits per heavy atom. The first-order valence-corrected chi connectivity index (χ1v) is 11.1. The van der Waals surface area contributed by atoms with Gasteiger partial charge in [0.2, 0.25) is 0 Å². The van der Waals surface area contributed by atoms with E-state index < -0.39 is 15.9 Å². The summed E-state index contributed by atoms with van der Waals surface area (Å²) in [6.07, 6.45) is 0.0971. The molecule has 1 amide bonds. The lowest BCUT2D eigenvalue weighted by Crippen LogP contribution is -2.20. The van der Waals surface area contributed by atoms with E-state index in [1.54, 1.807) is 48.5 Å². The normalized spacial score (nSPS) is 14.2. The van der Waals surface area contributed by atoms with Crippen LogP contribution in [0.2, 0.25) is 0 Å². The molecule has 2 N–H and O–H groups in total. The van der Waals surface area contributed by atoms with E-state index in [1.807, 2.05) is 0 Å². The number of amides is 1. The maximum Gasteiger partial charge on any atom is 0.271 e. The Hall–Kier alpha value is -3.98. The number of sulfonamides is 1. The van der Waals surface area contributed by atoms with Crippen LogP contribution < -0.4 is 14.9 Å². The monoisotopic (exact) mass is 449 g/mol. The molecule has 0 heterocycles. The molecule has 0 bridgehead atoms. The Kier molecular flexibility index (Phi) is 5.74. The Balaban J connectivity index is 1.51. The molecule has 162 valence electrons. The highest BCUT2D eigenvalue weighted by Crippen LogP contribution is 2.22. The van der Waals surface area contributed by atoms with Gasteiger partial charge < -0.3 is 4.74 Å². The van der Waals surface area contributed by atoms with Crippen LogP contribution in [-0.2, 0) is 10.0 Å². The van der Waals surface area contributed by atoms with E-state index in [0.717, 1.165) is 0 Å². The molecule has 32 heavy (non-hydrogen) atoms. The number of carbonyl (C=O) groups is 2. The van der Waals surface area contributed by atoms with Gasteiger partial charge in [-0.1, -0.05) is 30.3 Å². The van der Waals surface area contributed by atoms with Crippen molar-refractivity contribution in [2.45, 2.75) is 11.3 Å². The van der Waals surface area contributed by atoms with Crippen molar-refractivity contribution in [2.24, 2.45) is 5.10 Å². The van der Waals surface area contributed by atoms with Gasteiger partial charge in [0.1, 0.15) is 5.75 Å². The van der Waals surface area contributed by atoms with Crippen LogP contribution >= 0.6 is 0 Å².